The molecule has 0 amide bonds. The number of rotatable bonds is 6. The molecular weight excluding hydrogens is 1250 g/mol. The number of fused-ring (bicyclic) bond motifs is 12. The molecule has 0 radical (unpaired) electrons. The first-order chi connectivity index (χ1) is 45.6. The highest BCUT2D eigenvalue weighted by molar-refractivity contribution is 6.91. The van der Waals surface area contributed by atoms with Crippen molar-refractivity contribution in [3.63, 3.8) is 0 Å². The Morgan fingerprint density at radius 3 is 0.928 bits per heavy atom. The van der Waals surface area contributed by atoms with Crippen LogP contribution in [0.5, 0.6) is 0 Å². The molecule has 6 aromatic heterocycles. The minimum absolute atomic E-state index is 0.232. The third-order valence-corrected chi connectivity index (χ3v) is 26.7. The highest BCUT2D eigenvalue weighted by Gasteiger charge is 2.34. The van der Waals surface area contributed by atoms with Gasteiger partial charge < -0.3 is 13.3 Å². The molecule has 97 heavy (non-hydrogen) atoms. The van der Waals surface area contributed by atoms with Gasteiger partial charge in [-0.05, 0) is 191 Å². The van der Waals surface area contributed by atoms with Gasteiger partial charge in [-0.2, -0.15) is 13.7 Å². The number of aromatic nitrogens is 3. The van der Waals surface area contributed by atoms with Gasteiger partial charge >= 0.3 is 0 Å². The summed E-state index contributed by atoms with van der Waals surface area (Å²) in [4.78, 5) is 0. The van der Waals surface area contributed by atoms with Crippen LogP contribution in [0.1, 0.15) is 55.6 Å². The maximum Gasteiger partial charge on any atom is 0.216 e. The highest BCUT2D eigenvalue weighted by atomic mass is 28.3. The molecule has 0 atom stereocenters. The van der Waals surface area contributed by atoms with Gasteiger partial charge in [-0.1, -0.05) is 93.8 Å². The summed E-state index contributed by atoms with van der Waals surface area (Å²) in [7, 11) is 1.49. The Balaban J connectivity index is 0.000000131. The molecule has 15 rings (SSSR count). The van der Waals surface area contributed by atoms with Gasteiger partial charge in [0.1, 0.15) is 72.1 Å². The van der Waals surface area contributed by atoms with E-state index in [1.54, 1.807) is 13.0 Å². The van der Waals surface area contributed by atoms with Gasteiger partial charge in [-0.25, -0.2) is 13.2 Å². The summed E-state index contributed by atoms with van der Waals surface area (Å²) >= 11 is 0. The fraction of sp³-hybridized carbons (Fsp3) is 0.259. The van der Waals surface area contributed by atoms with Crippen LogP contribution in [0.3, 0.4) is 0 Å². The molecule has 15 aromatic rings. The average molecular weight is 1340 g/mol. The van der Waals surface area contributed by atoms with Gasteiger partial charge in [0, 0.05) is 103 Å². The second-order valence-electron chi connectivity index (χ2n) is 30.7. The highest BCUT2D eigenvalue weighted by Crippen LogP contribution is 2.43. The molecule has 492 valence electrons. The number of hydrogen-bond acceptors (Lipinski definition) is 3. The Bertz CT molecular complexity index is 5620. The molecule has 0 fully saturated rings. The van der Waals surface area contributed by atoms with E-state index in [1.807, 2.05) is 18.2 Å². The number of hydrogen-bond donors (Lipinski definition) is 0. The van der Waals surface area contributed by atoms with Crippen LogP contribution in [0.4, 0.5) is 13.2 Å². The normalized spacial score (nSPS) is 12.4. The van der Waals surface area contributed by atoms with Crippen molar-refractivity contribution in [1.82, 2.24) is 0 Å². The maximum absolute atomic E-state index is 14.4. The van der Waals surface area contributed by atoms with E-state index in [-0.39, 0.29) is 17.5 Å². The van der Waals surface area contributed by atoms with E-state index in [4.69, 9.17) is 13.3 Å². The SMILES string of the molecule is Cc1ccc2c(c1)c([Si](C)(C)C)cc(-c1c(C)c(C)cc3c1oc1c(C)c(F)ccc13)[n+]2C.Cc1ccc2c(c1)c([Si](C)(C)C)cc(-c1c(C)c(C)cc3c1oc1cc(F)ccc13)[n+]2C.Cc1ccc2c(c1)c([Si](C)(C)C)cc(-c1c(C)c(C)cc3c1oc1cc(F)ccc13)[n+]2C. The summed E-state index contributed by atoms with van der Waals surface area (Å²) in [5.41, 5.74) is 26.3. The first-order valence-electron chi connectivity index (χ1n) is 33.8. The van der Waals surface area contributed by atoms with Gasteiger partial charge in [0.25, 0.3) is 0 Å². The van der Waals surface area contributed by atoms with Gasteiger partial charge in [-0.15, -0.1) is 0 Å². The third kappa shape index (κ3) is 11.4. The molecule has 0 aliphatic carbocycles. The summed E-state index contributed by atoms with van der Waals surface area (Å²) in [6.45, 7) is 42.8. The fourth-order valence-electron chi connectivity index (χ4n) is 14.8. The van der Waals surface area contributed by atoms with Crippen LogP contribution < -0.4 is 29.3 Å². The number of nitrogens with zero attached hydrogens (tertiary/aromatic N) is 3. The van der Waals surface area contributed by atoms with Crippen molar-refractivity contribution in [2.24, 2.45) is 21.1 Å². The van der Waals surface area contributed by atoms with Crippen LogP contribution in [0.15, 0.2) is 153 Å². The lowest BCUT2D eigenvalue weighted by Gasteiger charge is -2.20. The standard InChI is InChI=1S/C29H31FNOSi.2C28H29FNOSi/c1-16-9-12-24-22(13-16)26(33(6,7)8)15-25(31(24)5)27-18(3)17(2)14-21-20-10-11-23(30)19(4)28(20)32-29(21)27;2*1-16-8-11-23-22(12-16)26(32(5,6)7)15-24(30(23)4)27-18(3)17(2)13-21-20-10-9-19(29)14-25(20)31-28(21)27/h9-15H,1-8H3;2*8-15H,1-7H3/q3*+1. The zero-order valence-electron chi connectivity index (χ0n) is 60.5. The van der Waals surface area contributed by atoms with Crippen molar-refractivity contribution in [2.75, 3.05) is 0 Å². The molecule has 0 saturated heterocycles. The number of aryl methyl sites for hydroxylation is 10. The number of furan rings is 3. The first kappa shape index (κ1) is 66.7. The second kappa shape index (κ2) is 24.0. The Morgan fingerprint density at radius 2 is 0.598 bits per heavy atom. The molecule has 0 aliphatic rings. The van der Waals surface area contributed by atoms with Crippen LogP contribution in [0, 0.1) is 86.7 Å². The van der Waals surface area contributed by atoms with Crippen molar-refractivity contribution < 1.29 is 40.1 Å². The molecule has 6 heterocycles. The van der Waals surface area contributed by atoms with E-state index in [0.29, 0.717) is 22.3 Å². The van der Waals surface area contributed by atoms with Crippen molar-refractivity contribution in [3.05, 3.63) is 213 Å². The predicted molar refractivity (Wildman–Crippen MR) is 410 cm³/mol. The summed E-state index contributed by atoms with van der Waals surface area (Å²) in [5, 5.41) is 14.3. The lowest BCUT2D eigenvalue weighted by Crippen LogP contribution is -2.43. The number of benzene rings is 9. The summed E-state index contributed by atoms with van der Waals surface area (Å²) < 4.78 is 68.2. The van der Waals surface area contributed by atoms with Crippen molar-refractivity contribution in [1.29, 1.82) is 0 Å². The molecule has 6 nitrogen and oxygen atoms in total. The molecule has 9 aromatic carbocycles. The van der Waals surface area contributed by atoms with E-state index in [2.05, 4.69) is 247 Å². The van der Waals surface area contributed by atoms with Gasteiger partial charge in [-0.3, -0.25) is 0 Å². The van der Waals surface area contributed by atoms with E-state index < -0.39 is 24.2 Å². The fourth-order valence-corrected chi connectivity index (χ4v) is 19.6. The maximum atomic E-state index is 14.4. The van der Waals surface area contributed by atoms with Crippen LogP contribution in [0.25, 0.3) is 132 Å². The largest absolute Gasteiger partial charge is 0.455 e. The van der Waals surface area contributed by atoms with Crippen LogP contribution in [-0.2, 0) is 21.1 Å². The Morgan fingerprint density at radius 1 is 0.289 bits per heavy atom. The van der Waals surface area contributed by atoms with Crippen molar-refractivity contribution in [3.8, 4) is 33.8 Å². The van der Waals surface area contributed by atoms with Gasteiger partial charge in [0.15, 0.2) is 0 Å². The first-order valence-corrected chi connectivity index (χ1v) is 44.3. The van der Waals surface area contributed by atoms with E-state index in [0.717, 1.165) is 82.8 Å². The Labute approximate surface area is 570 Å². The Hall–Kier alpha value is -8.95. The monoisotopic (exact) mass is 1340 g/mol. The van der Waals surface area contributed by atoms with Gasteiger partial charge in [0.2, 0.25) is 33.6 Å². The zero-order chi connectivity index (χ0) is 69.7. The minimum Gasteiger partial charge on any atom is -0.455 e. The molecule has 12 heteroatoms. The van der Waals surface area contributed by atoms with Crippen LogP contribution in [0.2, 0.25) is 58.9 Å². The predicted octanol–water partition coefficient (Wildman–Crippen LogP) is 20.8. The lowest BCUT2D eigenvalue weighted by molar-refractivity contribution is -0.633. The zero-order valence-corrected chi connectivity index (χ0v) is 63.5. The average Bonchev–Trinajstić information content (AvgIpc) is 1.72. The van der Waals surface area contributed by atoms with Crippen molar-refractivity contribution >= 4 is 138 Å². The minimum atomic E-state index is -1.65. The van der Waals surface area contributed by atoms with Gasteiger partial charge in [0.05, 0.1) is 40.9 Å². The molecular formula is C85H89F3N3O3Si3+3. The van der Waals surface area contributed by atoms with E-state index in [9.17, 15) is 13.2 Å². The molecule has 0 saturated carbocycles. The van der Waals surface area contributed by atoms with Crippen LogP contribution >= 0.6 is 0 Å². The van der Waals surface area contributed by atoms with Crippen molar-refractivity contribution in [2.45, 2.75) is 128 Å². The van der Waals surface area contributed by atoms with E-state index in [1.165, 1.54) is 123 Å². The summed E-state index contributed by atoms with van der Waals surface area (Å²) in [6.07, 6.45) is 0. The number of pyridine rings is 3. The van der Waals surface area contributed by atoms with E-state index >= 15 is 0 Å². The third-order valence-electron chi connectivity index (χ3n) is 20.7. The topological polar surface area (TPSA) is 51.1 Å². The summed E-state index contributed by atoms with van der Waals surface area (Å²) in [6, 6.07) is 46.9. The van der Waals surface area contributed by atoms with Crippen LogP contribution in [-0.4, -0.2) is 24.2 Å². The lowest BCUT2D eigenvalue weighted by atomic mass is 9.95. The summed E-state index contributed by atoms with van der Waals surface area (Å²) in [5.74, 6) is -0.789. The number of halogens is 3. The second-order valence-corrected chi connectivity index (χ2v) is 45.8. The molecule has 0 spiro atoms. The Kier molecular flexibility index (Phi) is 16.5. The molecule has 0 unspecified atom stereocenters. The molecule has 0 bridgehead atoms. The smallest absolute Gasteiger partial charge is 0.216 e. The quantitative estimate of drug-likeness (QED) is 0.123. The molecule has 0 aliphatic heterocycles. The molecule has 0 N–H and O–H groups in total.